The molecule has 0 atom stereocenters. The Morgan fingerprint density at radius 2 is 1.50 bits per heavy atom. The molecule has 0 unspecified atom stereocenters. The van der Waals surface area contributed by atoms with Crippen molar-refractivity contribution in [1.82, 2.24) is 5.32 Å². The van der Waals surface area contributed by atoms with Crippen LogP contribution in [0.25, 0.3) is 11.1 Å². The van der Waals surface area contributed by atoms with Crippen molar-refractivity contribution < 1.29 is 9.53 Å². The molecule has 0 amide bonds. The summed E-state index contributed by atoms with van der Waals surface area (Å²) >= 11 is 0. The second kappa shape index (κ2) is 11.2. The molecule has 4 aromatic rings. The zero-order chi connectivity index (χ0) is 24.7. The van der Waals surface area contributed by atoms with E-state index in [0.717, 1.165) is 66.2 Å². The first kappa shape index (κ1) is 23.8. The number of ketones is 1. The number of hydrogen-bond donors (Lipinski definition) is 1. The number of ether oxygens (including phenoxy) is 1. The Bertz CT molecular complexity index is 1300. The van der Waals surface area contributed by atoms with Crippen LogP contribution in [0.15, 0.2) is 97.1 Å². The summed E-state index contributed by atoms with van der Waals surface area (Å²) in [5.41, 5.74) is 7.45. The molecule has 36 heavy (non-hydrogen) atoms. The van der Waals surface area contributed by atoms with Crippen molar-refractivity contribution in [3.8, 4) is 16.9 Å². The molecule has 1 saturated heterocycles. The topological polar surface area (TPSA) is 41.6 Å². The van der Waals surface area contributed by atoms with Crippen molar-refractivity contribution in [3.05, 3.63) is 119 Å². The van der Waals surface area contributed by atoms with Gasteiger partial charge in [0, 0.05) is 49.4 Å². The van der Waals surface area contributed by atoms with E-state index in [0.29, 0.717) is 6.42 Å². The first-order valence-corrected chi connectivity index (χ1v) is 12.6. The van der Waals surface area contributed by atoms with Gasteiger partial charge in [0.05, 0.1) is 7.11 Å². The number of carbonyl (C=O) groups excluding carboxylic acids is 1. The zero-order valence-corrected chi connectivity index (χ0v) is 20.7. The molecular formula is C32H32N2O2. The molecule has 1 heterocycles. The number of anilines is 1. The Morgan fingerprint density at radius 3 is 2.17 bits per heavy atom. The van der Waals surface area contributed by atoms with Gasteiger partial charge < -0.3 is 15.0 Å². The van der Waals surface area contributed by atoms with Crippen LogP contribution in [-0.2, 0) is 12.8 Å². The van der Waals surface area contributed by atoms with Crippen LogP contribution < -0.4 is 15.0 Å². The molecular weight excluding hydrogens is 444 g/mol. The molecule has 1 aliphatic heterocycles. The maximum atomic E-state index is 13.5. The molecule has 0 saturated carbocycles. The summed E-state index contributed by atoms with van der Waals surface area (Å²) in [6.07, 6.45) is 1.08. The smallest absolute Gasteiger partial charge is 0.167 e. The van der Waals surface area contributed by atoms with Gasteiger partial charge in [-0.25, -0.2) is 0 Å². The maximum absolute atomic E-state index is 13.5. The van der Waals surface area contributed by atoms with Gasteiger partial charge in [0.15, 0.2) is 5.78 Å². The highest BCUT2D eigenvalue weighted by molar-refractivity contribution is 5.98. The highest BCUT2D eigenvalue weighted by Crippen LogP contribution is 2.37. The normalized spacial score (nSPS) is 13.4. The minimum absolute atomic E-state index is 0.125. The summed E-state index contributed by atoms with van der Waals surface area (Å²) in [5, 5.41) is 3.38. The quantitative estimate of drug-likeness (QED) is 0.327. The van der Waals surface area contributed by atoms with Gasteiger partial charge in [0.1, 0.15) is 5.75 Å². The molecule has 4 heteroatoms. The van der Waals surface area contributed by atoms with E-state index in [1.807, 2.05) is 42.5 Å². The minimum atomic E-state index is 0.125. The van der Waals surface area contributed by atoms with E-state index in [1.165, 1.54) is 11.3 Å². The molecule has 0 bridgehead atoms. The van der Waals surface area contributed by atoms with Gasteiger partial charge in [-0.2, -0.15) is 0 Å². The van der Waals surface area contributed by atoms with Gasteiger partial charge in [0.2, 0.25) is 0 Å². The number of carbonyl (C=O) groups is 1. The molecule has 4 aromatic carbocycles. The molecule has 182 valence electrons. The second-order valence-electron chi connectivity index (χ2n) is 9.19. The fourth-order valence-corrected chi connectivity index (χ4v) is 4.98. The number of nitrogens with one attached hydrogen (secondary N) is 1. The Hall–Kier alpha value is -3.89. The molecule has 1 fully saturated rings. The summed E-state index contributed by atoms with van der Waals surface area (Å²) in [7, 11) is 1.71. The highest BCUT2D eigenvalue weighted by Gasteiger charge is 2.19. The Labute approximate surface area is 213 Å². The molecule has 0 aromatic heterocycles. The van der Waals surface area contributed by atoms with Crippen molar-refractivity contribution in [2.75, 3.05) is 38.2 Å². The lowest BCUT2D eigenvalue weighted by molar-refractivity contribution is 0.0992. The van der Waals surface area contributed by atoms with Crippen molar-refractivity contribution in [2.24, 2.45) is 0 Å². The lowest BCUT2D eigenvalue weighted by atomic mass is 9.87. The summed E-state index contributed by atoms with van der Waals surface area (Å²) in [4.78, 5) is 15.8. The number of methoxy groups -OCH3 is 1. The average Bonchev–Trinajstić information content (AvgIpc) is 2.95. The van der Waals surface area contributed by atoms with Crippen molar-refractivity contribution in [2.45, 2.75) is 12.8 Å². The SMILES string of the molecule is COc1ccc(CC(=O)c2ccc(N3CCNCC3)cc2)c(Cc2ccccc2)c1-c1ccccc1. The van der Waals surface area contributed by atoms with Crippen LogP contribution in [-0.4, -0.2) is 39.1 Å². The van der Waals surface area contributed by atoms with E-state index in [-0.39, 0.29) is 5.78 Å². The van der Waals surface area contributed by atoms with E-state index in [1.54, 1.807) is 7.11 Å². The largest absolute Gasteiger partial charge is 0.496 e. The third kappa shape index (κ3) is 5.34. The first-order chi connectivity index (χ1) is 17.7. The van der Waals surface area contributed by atoms with Crippen LogP contribution in [0.4, 0.5) is 5.69 Å². The first-order valence-electron chi connectivity index (χ1n) is 12.6. The monoisotopic (exact) mass is 476 g/mol. The average molecular weight is 477 g/mol. The Morgan fingerprint density at radius 1 is 0.833 bits per heavy atom. The summed E-state index contributed by atoms with van der Waals surface area (Å²) in [6, 6.07) is 32.9. The van der Waals surface area contributed by atoms with Gasteiger partial charge >= 0.3 is 0 Å². The predicted octanol–water partition coefficient (Wildman–Crippen LogP) is 5.79. The van der Waals surface area contributed by atoms with Gasteiger partial charge in [-0.1, -0.05) is 66.7 Å². The molecule has 0 radical (unpaired) electrons. The van der Waals surface area contributed by atoms with Crippen LogP contribution in [0.3, 0.4) is 0 Å². The molecule has 1 aliphatic rings. The number of hydrogen-bond acceptors (Lipinski definition) is 4. The molecule has 4 nitrogen and oxygen atoms in total. The van der Waals surface area contributed by atoms with E-state index >= 15 is 0 Å². The highest BCUT2D eigenvalue weighted by atomic mass is 16.5. The summed E-state index contributed by atoms with van der Waals surface area (Å²) in [5.74, 6) is 0.948. The second-order valence-corrected chi connectivity index (χ2v) is 9.19. The number of nitrogens with zero attached hydrogens (tertiary/aromatic N) is 1. The van der Waals surface area contributed by atoms with E-state index in [4.69, 9.17) is 4.74 Å². The maximum Gasteiger partial charge on any atom is 0.167 e. The minimum Gasteiger partial charge on any atom is -0.496 e. The van der Waals surface area contributed by atoms with E-state index in [2.05, 4.69) is 64.8 Å². The molecule has 0 spiro atoms. The lowest BCUT2D eigenvalue weighted by Crippen LogP contribution is -2.43. The number of Topliss-reactive ketones (excluding diaryl/α,β-unsaturated/α-hetero) is 1. The van der Waals surface area contributed by atoms with Crippen molar-refractivity contribution in [1.29, 1.82) is 0 Å². The van der Waals surface area contributed by atoms with Gasteiger partial charge in [-0.05, 0) is 59.0 Å². The van der Waals surface area contributed by atoms with Gasteiger partial charge in [0.25, 0.3) is 0 Å². The summed E-state index contributed by atoms with van der Waals surface area (Å²) < 4.78 is 5.80. The van der Waals surface area contributed by atoms with Gasteiger partial charge in [-0.15, -0.1) is 0 Å². The fourth-order valence-electron chi connectivity index (χ4n) is 4.98. The van der Waals surface area contributed by atoms with Crippen molar-refractivity contribution >= 4 is 11.5 Å². The summed E-state index contributed by atoms with van der Waals surface area (Å²) in [6.45, 7) is 3.96. The zero-order valence-electron chi connectivity index (χ0n) is 20.7. The van der Waals surface area contributed by atoms with Crippen LogP contribution in [0.5, 0.6) is 5.75 Å². The third-order valence-electron chi connectivity index (χ3n) is 6.90. The van der Waals surface area contributed by atoms with Crippen LogP contribution in [0.1, 0.15) is 27.0 Å². The number of piperazine rings is 1. The number of benzene rings is 4. The molecule has 1 N–H and O–H groups in total. The van der Waals surface area contributed by atoms with Crippen molar-refractivity contribution in [3.63, 3.8) is 0 Å². The predicted molar refractivity (Wildman–Crippen MR) is 147 cm³/mol. The van der Waals surface area contributed by atoms with Crippen LogP contribution >= 0.6 is 0 Å². The molecule has 0 aliphatic carbocycles. The van der Waals surface area contributed by atoms with E-state index in [9.17, 15) is 4.79 Å². The lowest BCUT2D eigenvalue weighted by Gasteiger charge is -2.29. The number of rotatable bonds is 8. The molecule has 5 rings (SSSR count). The van der Waals surface area contributed by atoms with Crippen LogP contribution in [0, 0.1) is 0 Å². The third-order valence-corrected chi connectivity index (χ3v) is 6.90. The van der Waals surface area contributed by atoms with Gasteiger partial charge in [-0.3, -0.25) is 4.79 Å². The van der Waals surface area contributed by atoms with Crippen LogP contribution in [0.2, 0.25) is 0 Å². The standard InChI is InChI=1S/C32H32N2O2/c1-36-31-17-14-27(23-30(35)25-12-15-28(16-13-25)34-20-18-33-19-21-34)29(22-24-8-4-2-5-9-24)32(31)26-10-6-3-7-11-26/h2-17,33H,18-23H2,1H3. The Kier molecular flexibility index (Phi) is 7.44. The van der Waals surface area contributed by atoms with E-state index < -0.39 is 0 Å². The Balaban J connectivity index is 1.48. The fraction of sp³-hybridized carbons (Fsp3) is 0.219.